The molecule has 0 bridgehead atoms. The Labute approximate surface area is 108 Å². The second-order valence-corrected chi connectivity index (χ2v) is 7.98. The van der Waals surface area contributed by atoms with Crippen molar-refractivity contribution in [3.63, 3.8) is 0 Å². The minimum Gasteiger partial charge on any atom is -0.519 e. The van der Waals surface area contributed by atoms with E-state index in [0.717, 1.165) is 6.42 Å². The maximum Gasteiger partial charge on any atom is 0.392 e. The lowest BCUT2D eigenvalue weighted by molar-refractivity contribution is 0.248. The minimum atomic E-state index is -2.16. The fourth-order valence-electron chi connectivity index (χ4n) is 1.20. The molecule has 0 atom stereocenters. The van der Waals surface area contributed by atoms with E-state index in [0.29, 0.717) is 22.4 Å². The molecule has 1 rings (SSSR count). The molecule has 0 aliphatic carbocycles. The van der Waals surface area contributed by atoms with E-state index in [1.54, 1.807) is 12.1 Å². The van der Waals surface area contributed by atoms with E-state index in [2.05, 4.69) is 6.92 Å². The molecule has 0 aliphatic heterocycles. The normalized spacial score (nSPS) is 11.6. The first-order valence-corrected chi connectivity index (χ1v) is 8.80. The van der Waals surface area contributed by atoms with E-state index in [-0.39, 0.29) is 0 Å². The van der Waals surface area contributed by atoms with Crippen LogP contribution in [0.25, 0.3) is 0 Å². The molecule has 0 N–H and O–H groups in total. The maximum atomic E-state index is 6.04. The standard InChI is InChI=1S/C11H16Cl2O2Si/c1-4-8-14-16(2,3)15-10-7-5-6-9(12)11(10)13/h5-7H,4,8H2,1-3H3. The van der Waals surface area contributed by atoms with Crippen LogP contribution < -0.4 is 4.43 Å². The molecule has 0 radical (unpaired) electrons. The molecule has 0 aliphatic rings. The largest absolute Gasteiger partial charge is 0.519 e. The SMILES string of the molecule is CCCO[Si](C)(C)Oc1cccc(Cl)c1Cl. The predicted molar refractivity (Wildman–Crippen MR) is 70.8 cm³/mol. The first-order chi connectivity index (χ1) is 7.46. The van der Waals surface area contributed by atoms with Gasteiger partial charge in [-0.2, -0.15) is 0 Å². The summed E-state index contributed by atoms with van der Waals surface area (Å²) in [5.41, 5.74) is 0. The van der Waals surface area contributed by atoms with Crippen molar-refractivity contribution in [2.24, 2.45) is 0 Å². The summed E-state index contributed by atoms with van der Waals surface area (Å²) >= 11 is 12.0. The third kappa shape index (κ3) is 3.98. The van der Waals surface area contributed by atoms with Gasteiger partial charge in [0.2, 0.25) is 0 Å². The molecule has 0 heterocycles. The Balaban J connectivity index is 2.75. The van der Waals surface area contributed by atoms with E-state index in [9.17, 15) is 0 Å². The maximum absolute atomic E-state index is 6.04. The summed E-state index contributed by atoms with van der Waals surface area (Å²) in [5.74, 6) is 0.599. The Morgan fingerprint density at radius 3 is 2.56 bits per heavy atom. The number of hydrogen-bond donors (Lipinski definition) is 0. The van der Waals surface area contributed by atoms with E-state index in [1.165, 1.54) is 0 Å². The highest BCUT2D eigenvalue weighted by molar-refractivity contribution is 6.65. The molecule has 1 aromatic carbocycles. The summed E-state index contributed by atoms with van der Waals surface area (Å²) in [6.07, 6.45) is 0.975. The summed E-state index contributed by atoms with van der Waals surface area (Å²) in [7, 11) is -2.16. The van der Waals surface area contributed by atoms with Gasteiger partial charge in [-0.25, -0.2) is 0 Å². The molecule has 0 saturated carbocycles. The van der Waals surface area contributed by atoms with Crippen molar-refractivity contribution in [3.8, 4) is 5.75 Å². The zero-order valence-electron chi connectivity index (χ0n) is 9.72. The first-order valence-electron chi connectivity index (χ1n) is 5.23. The van der Waals surface area contributed by atoms with Crippen LogP contribution in [-0.4, -0.2) is 15.2 Å². The average molecular weight is 279 g/mol. The smallest absolute Gasteiger partial charge is 0.392 e. The summed E-state index contributed by atoms with van der Waals surface area (Å²) in [6.45, 7) is 6.74. The van der Waals surface area contributed by atoms with Crippen molar-refractivity contribution in [2.75, 3.05) is 6.61 Å². The molecular formula is C11H16Cl2O2Si. The molecule has 0 fully saturated rings. The Morgan fingerprint density at radius 2 is 1.94 bits per heavy atom. The van der Waals surface area contributed by atoms with E-state index < -0.39 is 8.56 Å². The molecule has 0 unspecified atom stereocenters. The van der Waals surface area contributed by atoms with Gasteiger partial charge in [0, 0.05) is 6.61 Å². The van der Waals surface area contributed by atoms with Crippen molar-refractivity contribution in [1.29, 1.82) is 0 Å². The van der Waals surface area contributed by atoms with Crippen molar-refractivity contribution in [2.45, 2.75) is 26.4 Å². The molecular weight excluding hydrogens is 263 g/mol. The Hall–Kier alpha value is -0.223. The van der Waals surface area contributed by atoms with Gasteiger partial charge in [-0.3, -0.25) is 0 Å². The highest BCUT2D eigenvalue weighted by Crippen LogP contribution is 2.33. The number of hydrogen-bond acceptors (Lipinski definition) is 2. The van der Waals surface area contributed by atoms with Gasteiger partial charge in [0.15, 0.2) is 0 Å². The van der Waals surface area contributed by atoms with Crippen LogP contribution >= 0.6 is 23.2 Å². The summed E-state index contributed by atoms with van der Waals surface area (Å²) < 4.78 is 11.5. The molecule has 1 aromatic rings. The van der Waals surface area contributed by atoms with Crippen molar-refractivity contribution < 1.29 is 8.85 Å². The molecule has 5 heteroatoms. The van der Waals surface area contributed by atoms with Crippen LogP contribution in [0.2, 0.25) is 23.1 Å². The van der Waals surface area contributed by atoms with Gasteiger partial charge >= 0.3 is 8.56 Å². The van der Waals surface area contributed by atoms with Gasteiger partial charge in [-0.15, -0.1) is 0 Å². The number of benzene rings is 1. The van der Waals surface area contributed by atoms with E-state index in [4.69, 9.17) is 32.1 Å². The second kappa shape index (κ2) is 5.91. The van der Waals surface area contributed by atoms with Crippen LogP contribution in [0.15, 0.2) is 18.2 Å². The molecule has 16 heavy (non-hydrogen) atoms. The van der Waals surface area contributed by atoms with Gasteiger partial charge in [0.1, 0.15) is 5.75 Å². The van der Waals surface area contributed by atoms with Gasteiger partial charge in [-0.05, 0) is 31.6 Å². The van der Waals surface area contributed by atoms with Gasteiger partial charge < -0.3 is 8.85 Å². The zero-order chi connectivity index (χ0) is 12.2. The second-order valence-electron chi connectivity index (χ2n) is 3.90. The van der Waals surface area contributed by atoms with Crippen LogP contribution in [0.4, 0.5) is 0 Å². The number of halogens is 2. The minimum absolute atomic E-state index is 0.449. The van der Waals surface area contributed by atoms with E-state index in [1.807, 2.05) is 19.2 Å². The van der Waals surface area contributed by atoms with Crippen LogP contribution in [-0.2, 0) is 4.43 Å². The highest BCUT2D eigenvalue weighted by atomic mass is 35.5. The van der Waals surface area contributed by atoms with Gasteiger partial charge in [-0.1, -0.05) is 36.2 Å². The van der Waals surface area contributed by atoms with Crippen molar-refractivity contribution in [1.82, 2.24) is 0 Å². The predicted octanol–water partition coefficient (Wildman–Crippen LogP) is 4.50. The van der Waals surface area contributed by atoms with Crippen LogP contribution in [0.3, 0.4) is 0 Å². The van der Waals surface area contributed by atoms with Crippen LogP contribution in [0.1, 0.15) is 13.3 Å². The lowest BCUT2D eigenvalue weighted by Crippen LogP contribution is -2.38. The van der Waals surface area contributed by atoms with Gasteiger partial charge in [0.25, 0.3) is 0 Å². The Bertz CT molecular complexity index is 356. The van der Waals surface area contributed by atoms with E-state index >= 15 is 0 Å². The highest BCUT2D eigenvalue weighted by Gasteiger charge is 2.27. The topological polar surface area (TPSA) is 18.5 Å². The number of rotatable bonds is 5. The summed E-state index contributed by atoms with van der Waals surface area (Å²) in [6, 6.07) is 5.35. The molecule has 0 aromatic heterocycles. The average Bonchev–Trinajstić information content (AvgIpc) is 2.22. The summed E-state index contributed by atoms with van der Waals surface area (Å²) in [4.78, 5) is 0. The monoisotopic (exact) mass is 278 g/mol. The lowest BCUT2D eigenvalue weighted by atomic mass is 10.3. The van der Waals surface area contributed by atoms with Gasteiger partial charge in [0.05, 0.1) is 10.0 Å². The van der Waals surface area contributed by atoms with Crippen molar-refractivity contribution >= 4 is 31.8 Å². The Morgan fingerprint density at radius 1 is 1.25 bits per heavy atom. The molecule has 90 valence electrons. The summed E-state index contributed by atoms with van der Waals surface area (Å²) in [5, 5.41) is 0.948. The van der Waals surface area contributed by atoms with Crippen LogP contribution in [0, 0.1) is 0 Å². The molecule has 0 spiro atoms. The lowest BCUT2D eigenvalue weighted by Gasteiger charge is -2.24. The molecule has 0 amide bonds. The third-order valence-corrected chi connectivity index (χ3v) is 4.34. The fourth-order valence-corrected chi connectivity index (χ4v) is 3.05. The molecule has 2 nitrogen and oxygen atoms in total. The molecule has 0 saturated heterocycles. The third-order valence-electron chi connectivity index (χ3n) is 1.93. The fraction of sp³-hybridized carbons (Fsp3) is 0.455. The zero-order valence-corrected chi connectivity index (χ0v) is 12.2. The van der Waals surface area contributed by atoms with Crippen LogP contribution in [0.5, 0.6) is 5.75 Å². The first kappa shape index (κ1) is 13.8. The quantitative estimate of drug-likeness (QED) is 0.739. The Kier molecular flexibility index (Phi) is 5.12. The van der Waals surface area contributed by atoms with Crippen molar-refractivity contribution in [3.05, 3.63) is 28.2 Å².